The van der Waals surface area contributed by atoms with Crippen LogP contribution in [0.15, 0.2) is 65.7 Å². The SMILES string of the molecule is Cc1sc2c(c1C)C(c1ccc(Cl)cc1)=N[C@@H](CC(=O)N1CCN(C(=O)/C=C/C(=O)c3cccc(C#N)c3)CC1)c1nnc(C)n1-2. The van der Waals surface area contributed by atoms with Crippen LogP contribution in [0.1, 0.15) is 61.6 Å². The number of hydrogen-bond acceptors (Lipinski definition) is 8. The molecule has 2 aromatic heterocycles. The van der Waals surface area contributed by atoms with E-state index < -0.39 is 6.04 Å². The number of aromatic nitrogens is 3. The van der Waals surface area contributed by atoms with E-state index in [1.54, 1.807) is 39.3 Å². The Morgan fingerprint density at radius 3 is 2.43 bits per heavy atom. The molecule has 2 amide bonds. The first kappa shape index (κ1) is 31.1. The highest BCUT2D eigenvalue weighted by atomic mass is 35.5. The number of rotatable bonds is 6. The van der Waals surface area contributed by atoms with Gasteiger partial charge in [-0.3, -0.25) is 23.9 Å². The standard InChI is InChI=1S/C34H30ClN7O3S/c1-20-21(2)46-34-31(20)32(24-7-9-26(35)10-8-24)37-27(33-39-38-22(3)42(33)34)18-30(45)41-15-13-40(14-16-41)29(44)12-11-28(43)25-6-4-5-23(17-25)19-36/h4-12,17,27H,13-16,18H2,1-3H3/b12-11+/t27-/m0/s1. The molecule has 6 rings (SSSR count). The van der Waals surface area contributed by atoms with E-state index in [4.69, 9.17) is 21.9 Å². The van der Waals surface area contributed by atoms with Gasteiger partial charge in [0.15, 0.2) is 11.6 Å². The Labute approximate surface area is 275 Å². The van der Waals surface area contributed by atoms with Gasteiger partial charge in [-0.25, -0.2) is 0 Å². The molecule has 0 bridgehead atoms. The van der Waals surface area contributed by atoms with Crippen molar-refractivity contribution in [3.05, 3.63) is 110 Å². The largest absolute Gasteiger partial charge is 0.339 e. The Bertz CT molecular complexity index is 1960. The lowest BCUT2D eigenvalue weighted by molar-refractivity contribution is -0.137. The lowest BCUT2D eigenvalue weighted by atomic mass is 9.99. The van der Waals surface area contributed by atoms with Crippen LogP contribution in [-0.4, -0.2) is 74.1 Å². The van der Waals surface area contributed by atoms with Crippen LogP contribution in [0.2, 0.25) is 5.02 Å². The molecule has 4 heterocycles. The molecule has 2 aliphatic rings. The summed E-state index contributed by atoms with van der Waals surface area (Å²) in [6, 6.07) is 15.3. The highest BCUT2D eigenvalue weighted by molar-refractivity contribution is 7.15. The predicted octanol–water partition coefficient (Wildman–Crippen LogP) is 5.17. The van der Waals surface area contributed by atoms with Crippen LogP contribution < -0.4 is 0 Å². The summed E-state index contributed by atoms with van der Waals surface area (Å²) in [5.41, 5.74) is 4.51. The van der Waals surface area contributed by atoms with Gasteiger partial charge in [-0.05, 0) is 56.7 Å². The number of halogens is 1. The van der Waals surface area contributed by atoms with E-state index in [1.807, 2.05) is 41.8 Å². The summed E-state index contributed by atoms with van der Waals surface area (Å²) in [5.74, 6) is 0.576. The second-order valence-electron chi connectivity index (χ2n) is 11.2. The van der Waals surface area contributed by atoms with Gasteiger partial charge in [-0.1, -0.05) is 35.9 Å². The summed E-state index contributed by atoms with van der Waals surface area (Å²) in [6.45, 7) is 7.45. The average molecular weight is 652 g/mol. The van der Waals surface area contributed by atoms with Crippen molar-refractivity contribution in [2.45, 2.75) is 33.2 Å². The maximum absolute atomic E-state index is 13.7. The third-order valence-corrected chi connectivity index (χ3v) is 9.77. The monoisotopic (exact) mass is 651 g/mol. The number of piperazine rings is 1. The molecule has 46 heavy (non-hydrogen) atoms. The number of ketones is 1. The molecule has 12 heteroatoms. The fourth-order valence-corrected chi connectivity index (χ4v) is 7.03. The van der Waals surface area contributed by atoms with Crippen molar-refractivity contribution in [2.75, 3.05) is 26.2 Å². The number of nitrogens with zero attached hydrogens (tertiary/aromatic N) is 7. The van der Waals surface area contributed by atoms with Crippen molar-refractivity contribution >= 4 is 46.2 Å². The Morgan fingerprint density at radius 1 is 1.00 bits per heavy atom. The minimum Gasteiger partial charge on any atom is -0.339 e. The zero-order valence-electron chi connectivity index (χ0n) is 25.5. The molecule has 1 saturated heterocycles. The molecule has 2 aromatic carbocycles. The second kappa shape index (κ2) is 12.8. The molecule has 0 N–H and O–H groups in total. The molecule has 0 aliphatic carbocycles. The molecular formula is C34H30ClN7O3S. The van der Waals surface area contributed by atoms with Crippen LogP contribution in [0.25, 0.3) is 5.00 Å². The molecule has 0 spiro atoms. The number of nitriles is 1. The number of aryl methyl sites for hydroxylation is 2. The van der Waals surface area contributed by atoms with E-state index in [0.717, 1.165) is 33.2 Å². The summed E-state index contributed by atoms with van der Waals surface area (Å²) in [4.78, 5) is 48.8. The third kappa shape index (κ3) is 6.01. The van der Waals surface area contributed by atoms with Crippen LogP contribution in [-0.2, 0) is 9.59 Å². The summed E-state index contributed by atoms with van der Waals surface area (Å²) in [6.07, 6.45) is 2.56. The molecule has 2 aliphatic heterocycles. The van der Waals surface area contributed by atoms with Crippen LogP contribution in [0.4, 0.5) is 0 Å². The van der Waals surface area contributed by atoms with Crippen molar-refractivity contribution in [1.82, 2.24) is 24.6 Å². The quantitative estimate of drug-likeness (QED) is 0.209. The van der Waals surface area contributed by atoms with E-state index in [-0.39, 0.29) is 24.0 Å². The number of benzene rings is 2. The Balaban J connectivity index is 1.18. The van der Waals surface area contributed by atoms with E-state index in [2.05, 4.69) is 24.0 Å². The van der Waals surface area contributed by atoms with Gasteiger partial charge in [0.1, 0.15) is 16.9 Å². The van der Waals surface area contributed by atoms with Crippen molar-refractivity contribution in [1.29, 1.82) is 5.26 Å². The Kier molecular flexibility index (Phi) is 8.67. The minimum atomic E-state index is -0.577. The molecule has 232 valence electrons. The summed E-state index contributed by atoms with van der Waals surface area (Å²) in [7, 11) is 0. The van der Waals surface area contributed by atoms with Gasteiger partial charge < -0.3 is 9.80 Å². The summed E-state index contributed by atoms with van der Waals surface area (Å²) >= 11 is 7.87. The lowest BCUT2D eigenvalue weighted by Crippen LogP contribution is -2.50. The average Bonchev–Trinajstić information content (AvgIpc) is 3.55. The predicted molar refractivity (Wildman–Crippen MR) is 176 cm³/mol. The van der Waals surface area contributed by atoms with Crippen molar-refractivity contribution < 1.29 is 14.4 Å². The molecule has 0 radical (unpaired) electrons. The zero-order valence-corrected chi connectivity index (χ0v) is 27.1. The summed E-state index contributed by atoms with van der Waals surface area (Å²) < 4.78 is 2.02. The van der Waals surface area contributed by atoms with Gasteiger partial charge in [-0.15, -0.1) is 21.5 Å². The number of hydrogen-bond donors (Lipinski definition) is 0. The number of carbonyl (C=O) groups is 3. The first-order valence-corrected chi connectivity index (χ1v) is 16.0. The van der Waals surface area contributed by atoms with E-state index >= 15 is 0 Å². The first-order valence-electron chi connectivity index (χ1n) is 14.8. The minimum absolute atomic E-state index is 0.0896. The van der Waals surface area contributed by atoms with Crippen molar-refractivity contribution in [3.8, 4) is 11.1 Å². The number of fused-ring (bicyclic) bond motifs is 3. The van der Waals surface area contributed by atoms with Gasteiger partial charge >= 0.3 is 0 Å². The molecule has 0 saturated carbocycles. The van der Waals surface area contributed by atoms with Crippen LogP contribution in [0.3, 0.4) is 0 Å². The van der Waals surface area contributed by atoms with Crippen molar-refractivity contribution in [3.63, 3.8) is 0 Å². The van der Waals surface area contributed by atoms with E-state index in [0.29, 0.717) is 48.2 Å². The Hall–Kier alpha value is -4.92. The number of carbonyl (C=O) groups excluding carboxylic acids is 3. The van der Waals surface area contributed by atoms with Crippen LogP contribution >= 0.6 is 22.9 Å². The molecule has 10 nitrogen and oxygen atoms in total. The van der Waals surface area contributed by atoms with Crippen molar-refractivity contribution in [2.24, 2.45) is 4.99 Å². The number of allylic oxidation sites excluding steroid dienone is 1. The van der Waals surface area contributed by atoms with Gasteiger partial charge in [0.25, 0.3) is 0 Å². The highest BCUT2D eigenvalue weighted by Crippen LogP contribution is 2.39. The first-order chi connectivity index (χ1) is 22.1. The molecular weight excluding hydrogens is 622 g/mol. The van der Waals surface area contributed by atoms with E-state index in [1.165, 1.54) is 23.1 Å². The fraction of sp³-hybridized carbons (Fsp3) is 0.265. The fourth-order valence-electron chi connectivity index (χ4n) is 5.69. The zero-order chi connectivity index (χ0) is 32.5. The molecule has 1 atom stereocenters. The maximum atomic E-state index is 13.7. The van der Waals surface area contributed by atoms with Gasteiger partial charge in [-0.2, -0.15) is 5.26 Å². The second-order valence-corrected chi connectivity index (χ2v) is 12.8. The highest BCUT2D eigenvalue weighted by Gasteiger charge is 2.34. The summed E-state index contributed by atoms with van der Waals surface area (Å²) in [5, 5.41) is 19.5. The molecule has 4 aromatic rings. The van der Waals surface area contributed by atoms with Gasteiger partial charge in [0, 0.05) is 58.8 Å². The third-order valence-electron chi connectivity index (χ3n) is 8.32. The normalized spacial score (nSPS) is 16.0. The Morgan fingerprint density at radius 2 is 1.72 bits per heavy atom. The van der Waals surface area contributed by atoms with E-state index in [9.17, 15) is 14.4 Å². The number of amides is 2. The molecule has 0 unspecified atom stereocenters. The van der Waals surface area contributed by atoms with Crippen LogP contribution in [0.5, 0.6) is 0 Å². The lowest BCUT2D eigenvalue weighted by Gasteiger charge is -2.34. The maximum Gasteiger partial charge on any atom is 0.246 e. The smallest absolute Gasteiger partial charge is 0.246 e. The number of thiophene rings is 1. The number of aliphatic imine (C=N–C) groups is 1. The van der Waals surface area contributed by atoms with Gasteiger partial charge in [0.05, 0.1) is 23.8 Å². The van der Waals surface area contributed by atoms with Gasteiger partial charge in [0.2, 0.25) is 11.8 Å². The molecule has 1 fully saturated rings. The topological polar surface area (TPSA) is 125 Å². The van der Waals surface area contributed by atoms with Crippen LogP contribution in [0, 0.1) is 32.1 Å².